The summed E-state index contributed by atoms with van der Waals surface area (Å²) in [5, 5.41) is 22.1. The van der Waals surface area contributed by atoms with Gasteiger partial charge in [-0.3, -0.25) is 4.79 Å². The fourth-order valence-electron chi connectivity index (χ4n) is 6.93. The van der Waals surface area contributed by atoms with Gasteiger partial charge < -0.3 is 10.2 Å². The van der Waals surface area contributed by atoms with E-state index in [9.17, 15) is 15.0 Å². The van der Waals surface area contributed by atoms with Crippen molar-refractivity contribution in [3.05, 3.63) is 11.6 Å². The van der Waals surface area contributed by atoms with Crippen LogP contribution in [0.4, 0.5) is 0 Å². The molecule has 0 aliphatic heterocycles. The Kier molecular flexibility index (Phi) is 3.38. The van der Waals surface area contributed by atoms with Crippen LogP contribution < -0.4 is 0 Å². The highest BCUT2D eigenvalue weighted by Gasteiger charge is 2.66. The van der Waals surface area contributed by atoms with Crippen LogP contribution in [-0.4, -0.2) is 27.7 Å². The van der Waals surface area contributed by atoms with E-state index in [4.69, 9.17) is 6.42 Å². The predicted octanol–water partition coefficient (Wildman–Crippen LogP) is 2.85. The van der Waals surface area contributed by atoms with E-state index in [0.29, 0.717) is 31.1 Å². The second-order valence-corrected chi connectivity index (χ2v) is 9.12. The van der Waals surface area contributed by atoms with Gasteiger partial charge in [-0.15, -0.1) is 6.42 Å². The Bertz CT molecular complexity index is 658. The number of rotatable bonds is 0. The Labute approximate surface area is 144 Å². The van der Waals surface area contributed by atoms with Crippen LogP contribution >= 0.6 is 0 Å². The van der Waals surface area contributed by atoms with Gasteiger partial charge in [0.15, 0.2) is 5.78 Å². The maximum atomic E-state index is 11.9. The monoisotopic (exact) mass is 328 g/mol. The number of allylic oxidation sites excluding steroid dienone is 1. The number of hydrogen-bond acceptors (Lipinski definition) is 3. The molecule has 0 spiro atoms. The molecule has 3 fully saturated rings. The van der Waals surface area contributed by atoms with Crippen LogP contribution in [-0.2, 0) is 4.79 Å². The van der Waals surface area contributed by atoms with Crippen LogP contribution in [0.5, 0.6) is 0 Å². The van der Waals surface area contributed by atoms with Crippen LogP contribution in [0.15, 0.2) is 11.6 Å². The minimum Gasteiger partial charge on any atom is -0.393 e. The van der Waals surface area contributed by atoms with Gasteiger partial charge in [-0.05, 0) is 67.8 Å². The quantitative estimate of drug-likeness (QED) is 0.672. The normalized spacial score (nSPS) is 53.5. The molecule has 4 rings (SSSR count). The fraction of sp³-hybridized carbons (Fsp3) is 0.762. The zero-order chi connectivity index (χ0) is 17.3. The second-order valence-electron chi connectivity index (χ2n) is 9.12. The molecule has 4 aliphatic rings. The molecule has 3 heteroatoms. The lowest BCUT2D eigenvalue weighted by atomic mass is 9.45. The first-order valence-electron chi connectivity index (χ1n) is 9.37. The molecule has 0 bridgehead atoms. The lowest BCUT2D eigenvalue weighted by Crippen LogP contribution is -2.59. The number of aliphatic hydroxyl groups is 2. The first kappa shape index (κ1) is 16.4. The minimum absolute atomic E-state index is 0.0750. The number of terminal acetylenes is 1. The number of aliphatic hydroxyl groups excluding tert-OH is 1. The molecular weight excluding hydrogens is 300 g/mol. The molecule has 4 aliphatic carbocycles. The van der Waals surface area contributed by atoms with Gasteiger partial charge in [-0.1, -0.05) is 25.3 Å². The van der Waals surface area contributed by atoms with Crippen molar-refractivity contribution in [2.75, 3.05) is 0 Å². The standard InChI is InChI=1S/C21H28O3/c1-4-21(24)10-8-16-15-6-5-13-11-14(22)7-9-19(13,2)18(15)17(23)12-20(16,21)3/h1,11,15-18,23-24H,5-10,12H2,2-3H3/t15-,16+,17+,18-,19-,20-,21-/m0/s1. The van der Waals surface area contributed by atoms with Crippen molar-refractivity contribution in [1.29, 1.82) is 0 Å². The molecule has 0 aromatic rings. The highest BCUT2D eigenvalue weighted by atomic mass is 16.3. The molecule has 0 aromatic carbocycles. The molecular formula is C21H28O3. The van der Waals surface area contributed by atoms with Crippen LogP contribution in [0.1, 0.15) is 58.8 Å². The van der Waals surface area contributed by atoms with Crippen molar-refractivity contribution in [1.82, 2.24) is 0 Å². The lowest BCUT2D eigenvalue weighted by molar-refractivity contribution is -0.155. The van der Waals surface area contributed by atoms with Gasteiger partial charge >= 0.3 is 0 Å². The van der Waals surface area contributed by atoms with Crippen LogP contribution in [0, 0.1) is 40.9 Å². The summed E-state index contributed by atoms with van der Waals surface area (Å²) in [5.74, 6) is 3.82. The van der Waals surface area contributed by atoms with Crippen molar-refractivity contribution >= 4 is 5.78 Å². The van der Waals surface area contributed by atoms with E-state index in [1.54, 1.807) is 0 Å². The van der Waals surface area contributed by atoms with Crippen LogP contribution in [0.3, 0.4) is 0 Å². The third-order valence-corrected chi connectivity index (χ3v) is 8.29. The van der Waals surface area contributed by atoms with Gasteiger partial charge in [-0.2, -0.15) is 0 Å². The first-order valence-corrected chi connectivity index (χ1v) is 9.37. The molecule has 0 radical (unpaired) electrons. The topological polar surface area (TPSA) is 57.5 Å². The average molecular weight is 328 g/mol. The van der Waals surface area contributed by atoms with E-state index >= 15 is 0 Å². The van der Waals surface area contributed by atoms with Crippen molar-refractivity contribution in [3.8, 4) is 12.3 Å². The Morgan fingerprint density at radius 1 is 1.25 bits per heavy atom. The maximum absolute atomic E-state index is 11.9. The number of fused-ring (bicyclic) bond motifs is 5. The first-order chi connectivity index (χ1) is 11.2. The highest BCUT2D eigenvalue weighted by Crippen LogP contribution is 2.67. The summed E-state index contributed by atoms with van der Waals surface area (Å²) in [6, 6.07) is 0. The molecule has 3 saturated carbocycles. The molecule has 0 unspecified atom stereocenters. The van der Waals surface area contributed by atoms with Crippen LogP contribution in [0.25, 0.3) is 0 Å². The molecule has 130 valence electrons. The molecule has 2 N–H and O–H groups in total. The van der Waals surface area contributed by atoms with Gasteiger partial charge in [0.05, 0.1) is 6.10 Å². The van der Waals surface area contributed by atoms with E-state index < -0.39 is 17.1 Å². The van der Waals surface area contributed by atoms with Gasteiger partial charge in [0.2, 0.25) is 0 Å². The molecule has 0 saturated heterocycles. The van der Waals surface area contributed by atoms with Gasteiger partial charge in [-0.25, -0.2) is 0 Å². The van der Waals surface area contributed by atoms with Gasteiger partial charge in [0.1, 0.15) is 5.60 Å². The second kappa shape index (κ2) is 4.96. The molecule has 24 heavy (non-hydrogen) atoms. The fourth-order valence-corrected chi connectivity index (χ4v) is 6.93. The molecule has 3 nitrogen and oxygen atoms in total. The number of carbonyl (C=O) groups is 1. The smallest absolute Gasteiger partial charge is 0.155 e. The molecule has 0 amide bonds. The van der Waals surface area contributed by atoms with E-state index in [2.05, 4.69) is 19.8 Å². The van der Waals surface area contributed by atoms with Gasteiger partial charge in [0.25, 0.3) is 0 Å². The number of carbonyl (C=O) groups excluding carboxylic acids is 1. The Hall–Kier alpha value is -1.11. The Morgan fingerprint density at radius 2 is 2.00 bits per heavy atom. The lowest BCUT2D eigenvalue weighted by Gasteiger charge is -2.60. The zero-order valence-electron chi connectivity index (χ0n) is 14.7. The van der Waals surface area contributed by atoms with Crippen molar-refractivity contribution in [3.63, 3.8) is 0 Å². The third kappa shape index (κ3) is 1.85. The van der Waals surface area contributed by atoms with Crippen molar-refractivity contribution in [2.24, 2.45) is 28.6 Å². The van der Waals surface area contributed by atoms with Crippen molar-refractivity contribution < 1.29 is 15.0 Å². The summed E-state index contributed by atoms with van der Waals surface area (Å²) >= 11 is 0. The summed E-state index contributed by atoms with van der Waals surface area (Å²) in [4.78, 5) is 11.9. The van der Waals surface area contributed by atoms with E-state index in [1.165, 1.54) is 5.57 Å². The van der Waals surface area contributed by atoms with E-state index in [0.717, 1.165) is 25.7 Å². The summed E-state index contributed by atoms with van der Waals surface area (Å²) in [6.45, 7) is 4.33. The summed E-state index contributed by atoms with van der Waals surface area (Å²) in [6.07, 6.45) is 12.6. The van der Waals surface area contributed by atoms with Crippen molar-refractivity contribution in [2.45, 2.75) is 70.5 Å². The average Bonchev–Trinajstić information content (AvgIpc) is 2.79. The Morgan fingerprint density at radius 3 is 2.71 bits per heavy atom. The maximum Gasteiger partial charge on any atom is 0.155 e. The Balaban J connectivity index is 1.76. The largest absolute Gasteiger partial charge is 0.393 e. The molecule has 7 atom stereocenters. The van der Waals surface area contributed by atoms with E-state index in [-0.39, 0.29) is 17.1 Å². The summed E-state index contributed by atoms with van der Waals surface area (Å²) in [5.41, 5.74) is -0.324. The minimum atomic E-state index is -1.09. The summed E-state index contributed by atoms with van der Waals surface area (Å²) in [7, 11) is 0. The third-order valence-electron chi connectivity index (χ3n) is 8.29. The van der Waals surface area contributed by atoms with Gasteiger partial charge in [0, 0.05) is 11.8 Å². The highest BCUT2D eigenvalue weighted by molar-refractivity contribution is 5.91. The van der Waals surface area contributed by atoms with Crippen LogP contribution in [0.2, 0.25) is 0 Å². The number of hydrogen-bond donors (Lipinski definition) is 2. The zero-order valence-corrected chi connectivity index (χ0v) is 14.7. The SMILES string of the molecule is C#C[C@]1(O)CC[C@@H]2[C@@H]3CCC4=CC(=O)CC[C@]4(C)[C@@H]3[C@H](O)C[C@@]21C. The number of ketones is 1. The molecule has 0 heterocycles. The van der Waals surface area contributed by atoms with E-state index in [1.807, 2.05) is 6.08 Å². The molecule has 0 aromatic heterocycles. The predicted molar refractivity (Wildman–Crippen MR) is 91.9 cm³/mol. The summed E-state index contributed by atoms with van der Waals surface area (Å²) < 4.78 is 0.